The van der Waals surface area contributed by atoms with Gasteiger partial charge in [-0.05, 0) is 43.8 Å². The fourth-order valence-corrected chi connectivity index (χ4v) is 3.43. The molecule has 0 radical (unpaired) electrons. The van der Waals surface area contributed by atoms with Gasteiger partial charge in [0, 0.05) is 37.2 Å². The summed E-state index contributed by atoms with van der Waals surface area (Å²) in [5.74, 6) is 1.17. The van der Waals surface area contributed by atoms with Crippen LogP contribution in [0.15, 0.2) is 24.4 Å². The molecule has 5 nitrogen and oxygen atoms in total. The molecule has 0 amide bonds. The number of aromatic nitrogens is 2. The van der Waals surface area contributed by atoms with Gasteiger partial charge in [0.2, 0.25) is 0 Å². The first-order valence-corrected chi connectivity index (χ1v) is 8.59. The van der Waals surface area contributed by atoms with Crippen molar-refractivity contribution in [1.29, 1.82) is 0 Å². The van der Waals surface area contributed by atoms with Crippen molar-refractivity contribution >= 4 is 52.4 Å². The molecule has 2 aromatic heterocycles. The van der Waals surface area contributed by atoms with Crippen molar-refractivity contribution in [2.45, 2.75) is 20.8 Å². The number of phenols is 1. The minimum absolute atomic E-state index is 0. The van der Waals surface area contributed by atoms with Crippen LogP contribution in [0.5, 0.6) is 5.75 Å². The van der Waals surface area contributed by atoms with Crippen LogP contribution in [0.25, 0.3) is 21.8 Å². The smallest absolute Gasteiger partial charge is 0.136 e. The van der Waals surface area contributed by atoms with Crippen molar-refractivity contribution in [2.24, 2.45) is 7.05 Å². The van der Waals surface area contributed by atoms with Gasteiger partial charge in [0.05, 0.1) is 10.9 Å². The average Bonchev–Trinajstić information content (AvgIpc) is 2.87. The molecule has 1 aromatic carbocycles. The number of phenolic OH excluding ortho intramolecular Hbond substituents is 1. The van der Waals surface area contributed by atoms with E-state index in [1.54, 1.807) is 6.07 Å². The Morgan fingerprint density at radius 3 is 2.54 bits per heavy atom. The first-order valence-electron chi connectivity index (χ1n) is 8.59. The SMILES string of the molecule is CCN(CC)CCNc1ncc(C)c2c1c1cc(O)ccc1n2C.Cl.Cl. The van der Waals surface area contributed by atoms with Crippen LogP contribution in [0.4, 0.5) is 5.82 Å². The predicted molar refractivity (Wildman–Crippen MR) is 115 cm³/mol. The number of benzene rings is 1. The zero-order valence-electron chi connectivity index (χ0n) is 15.7. The molecule has 26 heavy (non-hydrogen) atoms. The first kappa shape index (κ1) is 22.4. The zero-order valence-corrected chi connectivity index (χ0v) is 17.4. The maximum Gasteiger partial charge on any atom is 0.136 e. The van der Waals surface area contributed by atoms with Gasteiger partial charge in [-0.3, -0.25) is 0 Å². The van der Waals surface area contributed by atoms with E-state index in [1.165, 1.54) is 0 Å². The number of halogens is 2. The Bertz CT molecular complexity index is 875. The van der Waals surface area contributed by atoms with E-state index >= 15 is 0 Å². The van der Waals surface area contributed by atoms with Crippen molar-refractivity contribution < 1.29 is 5.11 Å². The summed E-state index contributed by atoms with van der Waals surface area (Å²) in [5, 5.41) is 15.5. The number of aromatic hydroxyl groups is 1. The molecule has 0 saturated heterocycles. The van der Waals surface area contributed by atoms with E-state index < -0.39 is 0 Å². The molecule has 0 bridgehead atoms. The van der Waals surface area contributed by atoms with Crippen molar-refractivity contribution in [2.75, 3.05) is 31.5 Å². The van der Waals surface area contributed by atoms with Gasteiger partial charge < -0.3 is 19.9 Å². The van der Waals surface area contributed by atoms with Gasteiger partial charge in [0.1, 0.15) is 11.6 Å². The number of hydrogen-bond acceptors (Lipinski definition) is 4. The second-order valence-corrected chi connectivity index (χ2v) is 6.23. The van der Waals surface area contributed by atoms with Gasteiger partial charge in [0.25, 0.3) is 0 Å². The normalized spacial score (nSPS) is 10.8. The highest BCUT2D eigenvalue weighted by molar-refractivity contribution is 6.14. The highest BCUT2D eigenvalue weighted by Gasteiger charge is 2.15. The van der Waals surface area contributed by atoms with Gasteiger partial charge in [0.15, 0.2) is 0 Å². The average molecular weight is 399 g/mol. The van der Waals surface area contributed by atoms with Crippen LogP contribution in [-0.4, -0.2) is 45.7 Å². The Kier molecular flexibility index (Phi) is 8.00. The molecule has 0 aliphatic carbocycles. The standard InChI is InChI=1S/C19H26N4O.2ClH/c1-5-23(6-2)10-9-20-19-17-15-11-14(24)7-8-16(15)22(4)18(17)13(3)12-21-19;;/h7-8,11-12,24H,5-6,9-10H2,1-4H3,(H,20,21);2*1H. The summed E-state index contributed by atoms with van der Waals surface area (Å²) in [6, 6.07) is 5.52. The molecular weight excluding hydrogens is 371 g/mol. The highest BCUT2D eigenvalue weighted by atomic mass is 35.5. The molecule has 0 unspecified atom stereocenters. The van der Waals surface area contributed by atoms with E-state index in [2.05, 4.69) is 47.6 Å². The third-order valence-electron chi connectivity index (χ3n) is 4.80. The Balaban J connectivity index is 0.00000169. The van der Waals surface area contributed by atoms with E-state index in [0.717, 1.165) is 59.4 Å². The molecular formula is C19H28Cl2N4O. The summed E-state index contributed by atoms with van der Waals surface area (Å²) >= 11 is 0. The van der Waals surface area contributed by atoms with E-state index in [4.69, 9.17) is 0 Å². The fraction of sp³-hybridized carbons (Fsp3) is 0.421. The van der Waals surface area contributed by atoms with Gasteiger partial charge in [-0.1, -0.05) is 13.8 Å². The van der Waals surface area contributed by atoms with Crippen molar-refractivity contribution in [1.82, 2.24) is 14.5 Å². The number of likely N-dealkylation sites (N-methyl/N-ethyl adjacent to an activating group) is 1. The third kappa shape index (κ3) is 4.00. The highest BCUT2D eigenvalue weighted by Crippen LogP contribution is 2.35. The molecule has 2 heterocycles. The number of nitrogens with zero attached hydrogens (tertiary/aromatic N) is 3. The summed E-state index contributed by atoms with van der Waals surface area (Å²) < 4.78 is 2.18. The van der Waals surface area contributed by atoms with Gasteiger partial charge >= 0.3 is 0 Å². The molecule has 0 spiro atoms. The first-order chi connectivity index (χ1) is 11.6. The predicted octanol–water partition coefficient (Wildman–Crippen LogP) is 4.34. The number of anilines is 1. The van der Waals surface area contributed by atoms with Crippen LogP contribution >= 0.6 is 24.8 Å². The number of aryl methyl sites for hydroxylation is 2. The molecule has 0 saturated carbocycles. The van der Waals surface area contributed by atoms with Gasteiger partial charge in [-0.2, -0.15) is 0 Å². The lowest BCUT2D eigenvalue weighted by atomic mass is 10.1. The second-order valence-electron chi connectivity index (χ2n) is 6.23. The summed E-state index contributed by atoms with van der Waals surface area (Å²) in [4.78, 5) is 7.01. The monoisotopic (exact) mass is 398 g/mol. The van der Waals surface area contributed by atoms with Crippen LogP contribution in [0.1, 0.15) is 19.4 Å². The Morgan fingerprint density at radius 2 is 1.88 bits per heavy atom. The maximum absolute atomic E-state index is 9.92. The Morgan fingerprint density at radius 1 is 1.19 bits per heavy atom. The Labute approximate surface area is 167 Å². The summed E-state index contributed by atoms with van der Waals surface area (Å²) in [6.45, 7) is 10.4. The maximum atomic E-state index is 9.92. The van der Waals surface area contributed by atoms with Crippen LogP contribution in [0, 0.1) is 6.92 Å². The lowest BCUT2D eigenvalue weighted by Gasteiger charge is -2.18. The van der Waals surface area contributed by atoms with E-state index in [-0.39, 0.29) is 30.6 Å². The molecule has 7 heteroatoms. The largest absolute Gasteiger partial charge is 0.508 e. The van der Waals surface area contributed by atoms with Crippen molar-refractivity contribution in [3.63, 3.8) is 0 Å². The summed E-state index contributed by atoms with van der Waals surface area (Å²) in [7, 11) is 2.06. The molecule has 2 N–H and O–H groups in total. The van der Waals surface area contributed by atoms with Crippen molar-refractivity contribution in [3.05, 3.63) is 30.0 Å². The molecule has 0 aliphatic heterocycles. The fourth-order valence-electron chi connectivity index (χ4n) is 3.43. The quantitative estimate of drug-likeness (QED) is 0.648. The number of rotatable bonds is 6. The molecule has 0 fully saturated rings. The summed E-state index contributed by atoms with van der Waals surface area (Å²) in [5.41, 5.74) is 3.40. The lowest BCUT2D eigenvalue weighted by molar-refractivity contribution is 0.316. The lowest BCUT2D eigenvalue weighted by Crippen LogP contribution is -2.28. The van der Waals surface area contributed by atoms with Gasteiger partial charge in [-0.25, -0.2) is 4.98 Å². The zero-order chi connectivity index (χ0) is 17.3. The third-order valence-corrected chi connectivity index (χ3v) is 4.80. The Hall–Kier alpha value is -1.69. The number of fused-ring (bicyclic) bond motifs is 3. The van der Waals surface area contributed by atoms with Crippen LogP contribution in [-0.2, 0) is 7.05 Å². The number of pyridine rings is 1. The molecule has 3 rings (SSSR count). The number of hydrogen-bond donors (Lipinski definition) is 2. The van der Waals surface area contributed by atoms with E-state index in [9.17, 15) is 5.11 Å². The second kappa shape index (κ2) is 9.31. The van der Waals surface area contributed by atoms with Gasteiger partial charge in [-0.15, -0.1) is 24.8 Å². The van der Waals surface area contributed by atoms with E-state index in [1.807, 2.05) is 18.3 Å². The molecule has 0 aliphatic rings. The van der Waals surface area contributed by atoms with Crippen LogP contribution < -0.4 is 5.32 Å². The van der Waals surface area contributed by atoms with Crippen molar-refractivity contribution in [3.8, 4) is 5.75 Å². The summed E-state index contributed by atoms with van der Waals surface area (Å²) in [6.07, 6.45) is 1.92. The van der Waals surface area contributed by atoms with Crippen LogP contribution in [0.2, 0.25) is 0 Å². The topological polar surface area (TPSA) is 53.3 Å². The molecule has 144 valence electrons. The number of nitrogens with one attached hydrogen (secondary N) is 1. The minimum atomic E-state index is 0. The van der Waals surface area contributed by atoms with E-state index in [0.29, 0.717) is 0 Å². The molecule has 3 aromatic rings. The molecule has 0 atom stereocenters. The van der Waals surface area contributed by atoms with Crippen LogP contribution in [0.3, 0.4) is 0 Å². The minimum Gasteiger partial charge on any atom is -0.508 e.